The van der Waals surface area contributed by atoms with E-state index in [1.807, 2.05) is 39.1 Å². The molecule has 8 nitrogen and oxygen atoms in total. The lowest BCUT2D eigenvalue weighted by Gasteiger charge is -2.19. The molecule has 3 aromatic heterocycles. The third-order valence-electron chi connectivity index (χ3n) is 4.59. The van der Waals surface area contributed by atoms with Gasteiger partial charge in [-0.05, 0) is 30.0 Å². The van der Waals surface area contributed by atoms with Crippen LogP contribution in [0, 0.1) is 11.2 Å². The average Bonchev–Trinajstić information content (AvgIpc) is 3.18. The number of amides is 1. The maximum absolute atomic E-state index is 13.5. The largest absolute Gasteiger partial charge is 0.373 e. The molecular formula is C21H27FN6O2S. The van der Waals surface area contributed by atoms with Crippen LogP contribution in [0.25, 0.3) is 10.2 Å². The lowest BCUT2D eigenvalue weighted by atomic mass is 9.96. The van der Waals surface area contributed by atoms with E-state index in [9.17, 15) is 14.3 Å². The highest BCUT2D eigenvalue weighted by molar-refractivity contribution is 7.17. The Morgan fingerprint density at radius 2 is 2.03 bits per heavy atom. The molecule has 0 bridgehead atoms. The van der Waals surface area contributed by atoms with Gasteiger partial charge in [-0.1, -0.05) is 20.8 Å². The highest BCUT2D eigenvalue weighted by atomic mass is 32.1. The van der Waals surface area contributed by atoms with Gasteiger partial charge in [-0.2, -0.15) is 0 Å². The molecular weight excluding hydrogens is 419 g/mol. The van der Waals surface area contributed by atoms with Crippen molar-refractivity contribution in [2.45, 2.75) is 40.0 Å². The minimum atomic E-state index is -1.04. The summed E-state index contributed by atoms with van der Waals surface area (Å²) in [6.07, 6.45) is 1.68. The summed E-state index contributed by atoms with van der Waals surface area (Å²) < 4.78 is 14.2. The van der Waals surface area contributed by atoms with Crippen molar-refractivity contribution in [2.24, 2.45) is 5.41 Å². The van der Waals surface area contributed by atoms with E-state index in [2.05, 4.69) is 30.9 Å². The number of carbonyl (C=O) groups excluding carboxylic acids is 1. The number of nitrogens with one attached hydrogen (secondary N) is 3. The summed E-state index contributed by atoms with van der Waals surface area (Å²) >= 11 is 1.43. The number of aromatic nitrogens is 3. The molecule has 0 saturated heterocycles. The second-order valence-corrected chi connectivity index (χ2v) is 9.15. The van der Waals surface area contributed by atoms with Crippen molar-refractivity contribution < 1.29 is 14.3 Å². The fourth-order valence-corrected chi connectivity index (χ4v) is 3.67. The van der Waals surface area contributed by atoms with Gasteiger partial charge in [0.1, 0.15) is 17.7 Å². The topological polar surface area (TPSA) is 112 Å². The number of pyridine rings is 1. The Hall–Kier alpha value is -2.69. The van der Waals surface area contributed by atoms with Gasteiger partial charge in [-0.15, -0.1) is 11.3 Å². The number of aliphatic hydroxyl groups is 1. The van der Waals surface area contributed by atoms with E-state index in [1.165, 1.54) is 17.4 Å². The number of fused-ring (bicyclic) bond motifs is 1. The number of thiophene rings is 1. The van der Waals surface area contributed by atoms with Crippen molar-refractivity contribution in [1.82, 2.24) is 25.6 Å². The Balaban J connectivity index is 1.70. The molecule has 0 fully saturated rings. The van der Waals surface area contributed by atoms with Crippen molar-refractivity contribution in [1.29, 1.82) is 0 Å². The molecule has 0 aliphatic heterocycles. The number of carbonyl (C=O) groups is 1. The minimum Gasteiger partial charge on any atom is -0.373 e. The first kappa shape index (κ1) is 23.0. The van der Waals surface area contributed by atoms with Gasteiger partial charge in [0.25, 0.3) is 0 Å². The summed E-state index contributed by atoms with van der Waals surface area (Å²) in [7, 11) is 0. The van der Waals surface area contributed by atoms with Gasteiger partial charge in [-0.3, -0.25) is 15.1 Å². The summed E-state index contributed by atoms with van der Waals surface area (Å²) in [5.41, 5.74) is 1.32. The number of rotatable bonds is 8. The van der Waals surface area contributed by atoms with E-state index in [-0.39, 0.29) is 11.9 Å². The lowest BCUT2D eigenvalue weighted by molar-refractivity contribution is -0.128. The summed E-state index contributed by atoms with van der Waals surface area (Å²) in [4.78, 5) is 24.8. The van der Waals surface area contributed by atoms with Crippen LogP contribution in [0.4, 0.5) is 10.3 Å². The van der Waals surface area contributed by atoms with Gasteiger partial charge in [-0.25, -0.2) is 14.4 Å². The summed E-state index contributed by atoms with van der Waals surface area (Å²) in [6, 6.07) is 2.96. The summed E-state index contributed by atoms with van der Waals surface area (Å²) in [5.74, 6) is -0.155. The van der Waals surface area contributed by atoms with Crippen LogP contribution < -0.4 is 16.0 Å². The quantitative estimate of drug-likeness (QED) is 0.311. The molecule has 3 aromatic rings. The highest BCUT2D eigenvalue weighted by Crippen LogP contribution is 2.28. The zero-order valence-electron chi connectivity index (χ0n) is 17.9. The van der Waals surface area contributed by atoms with E-state index in [0.29, 0.717) is 35.8 Å². The van der Waals surface area contributed by atoms with Crippen molar-refractivity contribution in [3.05, 3.63) is 47.0 Å². The van der Waals surface area contributed by atoms with Crippen LogP contribution >= 0.6 is 11.3 Å². The van der Waals surface area contributed by atoms with Crippen LogP contribution in [-0.2, 0) is 4.79 Å². The van der Waals surface area contributed by atoms with Gasteiger partial charge < -0.3 is 15.7 Å². The van der Waals surface area contributed by atoms with Crippen LogP contribution in [0.2, 0.25) is 0 Å². The number of hydrogen-bond donors (Lipinski definition) is 4. The smallest absolute Gasteiger partial charge is 0.225 e. The minimum absolute atomic E-state index is 0.0567. The summed E-state index contributed by atoms with van der Waals surface area (Å²) in [6.45, 7) is 8.12. The van der Waals surface area contributed by atoms with Crippen molar-refractivity contribution in [3.63, 3.8) is 0 Å². The normalized spacial score (nSPS) is 13.7. The maximum Gasteiger partial charge on any atom is 0.225 e. The molecule has 1 unspecified atom stereocenters. The zero-order chi connectivity index (χ0) is 22.6. The Morgan fingerprint density at radius 3 is 2.74 bits per heavy atom. The highest BCUT2D eigenvalue weighted by Gasteiger charge is 2.21. The summed E-state index contributed by atoms with van der Waals surface area (Å²) in [5, 5.41) is 21.5. The van der Waals surface area contributed by atoms with Crippen molar-refractivity contribution >= 4 is 33.4 Å². The molecule has 1 amide bonds. The number of aliphatic hydroxyl groups excluding tert-OH is 1. The van der Waals surface area contributed by atoms with Gasteiger partial charge in [0.05, 0.1) is 22.5 Å². The second-order valence-electron chi connectivity index (χ2n) is 8.23. The molecule has 0 aromatic carbocycles. The fraction of sp³-hybridized carbons (Fsp3) is 0.429. The lowest BCUT2D eigenvalue weighted by Crippen LogP contribution is -2.39. The monoisotopic (exact) mass is 446 g/mol. The molecule has 0 spiro atoms. The molecule has 0 radical (unpaired) electrons. The predicted octanol–water partition coefficient (Wildman–Crippen LogP) is 3.14. The predicted molar refractivity (Wildman–Crippen MR) is 119 cm³/mol. The van der Waals surface area contributed by atoms with E-state index < -0.39 is 17.5 Å². The maximum atomic E-state index is 13.5. The number of nitrogens with zero attached hydrogens (tertiary/aromatic N) is 3. The van der Waals surface area contributed by atoms with E-state index in [4.69, 9.17) is 0 Å². The van der Waals surface area contributed by atoms with Crippen molar-refractivity contribution in [2.75, 3.05) is 18.4 Å². The van der Waals surface area contributed by atoms with Crippen molar-refractivity contribution in [3.8, 4) is 0 Å². The SMILES string of the molecule is C[C@H](Nc1nc(C(O)NCCNC(=O)C(C)(C)C)c2sccc2n1)c1cncc(F)c1. The standard InChI is InChI=1S/C21H27FN6O2S/c1-12(13-9-14(22)11-23-10-13)26-20-27-15-5-8-31-17(15)16(28-20)18(29)24-6-7-25-19(30)21(2,3)4/h5,8-12,18,24,29H,6-7H2,1-4H3,(H,25,30)(H,26,27,28)/t12-,18?/m0/s1. The van der Waals surface area contributed by atoms with E-state index in [0.717, 1.165) is 10.9 Å². The molecule has 31 heavy (non-hydrogen) atoms. The zero-order valence-corrected chi connectivity index (χ0v) is 18.8. The fourth-order valence-electron chi connectivity index (χ4n) is 2.82. The average molecular weight is 447 g/mol. The Labute approximate surface area is 184 Å². The molecule has 4 N–H and O–H groups in total. The van der Waals surface area contributed by atoms with Gasteiger partial charge in [0.15, 0.2) is 0 Å². The Morgan fingerprint density at radius 1 is 1.26 bits per heavy atom. The third kappa shape index (κ3) is 5.93. The van der Waals surface area contributed by atoms with Crippen LogP contribution in [0.5, 0.6) is 0 Å². The Bertz CT molecular complexity index is 1050. The van der Waals surface area contributed by atoms with Crippen LogP contribution in [-0.4, -0.2) is 39.1 Å². The number of halogens is 1. The number of hydrogen-bond acceptors (Lipinski definition) is 8. The molecule has 3 heterocycles. The van der Waals surface area contributed by atoms with Gasteiger partial charge in [0, 0.05) is 24.7 Å². The first-order valence-corrected chi connectivity index (χ1v) is 10.8. The van der Waals surface area contributed by atoms with E-state index in [1.54, 1.807) is 6.20 Å². The third-order valence-corrected chi connectivity index (χ3v) is 5.52. The molecule has 2 atom stereocenters. The molecule has 10 heteroatoms. The first-order valence-electron chi connectivity index (χ1n) is 9.97. The second kappa shape index (κ2) is 9.63. The first-order chi connectivity index (χ1) is 14.6. The molecule has 3 rings (SSSR count). The van der Waals surface area contributed by atoms with Crippen LogP contribution in [0.1, 0.15) is 51.2 Å². The molecule has 0 aliphatic carbocycles. The molecule has 166 valence electrons. The van der Waals surface area contributed by atoms with Crippen LogP contribution in [0.15, 0.2) is 29.9 Å². The van der Waals surface area contributed by atoms with Gasteiger partial charge in [0.2, 0.25) is 11.9 Å². The van der Waals surface area contributed by atoms with Gasteiger partial charge >= 0.3 is 0 Å². The number of anilines is 1. The molecule has 0 aliphatic rings. The van der Waals surface area contributed by atoms with Crippen LogP contribution in [0.3, 0.4) is 0 Å². The Kier molecular flexibility index (Phi) is 7.14. The molecule has 0 saturated carbocycles. The van der Waals surface area contributed by atoms with E-state index >= 15 is 0 Å².